The maximum absolute atomic E-state index is 4.58. The summed E-state index contributed by atoms with van der Waals surface area (Å²) in [6, 6.07) is 6.08. The molecule has 0 spiro atoms. The van der Waals surface area contributed by atoms with Crippen molar-refractivity contribution >= 4 is 0 Å². The third-order valence-corrected chi connectivity index (χ3v) is 4.23. The highest BCUT2D eigenvalue weighted by molar-refractivity contribution is 5.47. The number of hydrogen-bond acceptors (Lipinski definition) is 4. The van der Waals surface area contributed by atoms with Gasteiger partial charge in [-0.2, -0.15) is 0 Å². The fraction of sp³-hybridized carbons (Fsp3) is 0.0556. The van der Waals surface area contributed by atoms with Crippen LogP contribution in [0.15, 0.2) is 96.7 Å². The minimum atomic E-state index is 0.0623. The van der Waals surface area contributed by atoms with Gasteiger partial charge in [-0.05, 0) is 36.4 Å². The Bertz CT molecular complexity index is 811. The molecular formula is C18H14N4. The lowest BCUT2D eigenvalue weighted by Crippen LogP contribution is -2.27. The first-order chi connectivity index (χ1) is 10.9. The molecule has 5 rings (SSSR count). The van der Waals surface area contributed by atoms with E-state index in [1.54, 1.807) is 0 Å². The summed E-state index contributed by atoms with van der Waals surface area (Å²) in [6.07, 6.45) is 20.9. The topological polar surface area (TPSA) is 22.6 Å². The van der Waals surface area contributed by atoms with Gasteiger partial charge in [-0.1, -0.05) is 18.2 Å². The van der Waals surface area contributed by atoms with Crippen molar-refractivity contribution in [3.05, 3.63) is 102 Å². The Hall–Kier alpha value is -3.01. The van der Waals surface area contributed by atoms with Crippen LogP contribution in [0.4, 0.5) is 0 Å². The predicted molar refractivity (Wildman–Crippen MR) is 84.2 cm³/mol. The SMILES string of the molecule is C1=CC2=CN3C(=C4C=CC=CN4C3c3ccccn3)N2C=C1. The van der Waals surface area contributed by atoms with Crippen LogP contribution in [-0.4, -0.2) is 19.7 Å². The van der Waals surface area contributed by atoms with Crippen molar-refractivity contribution in [2.24, 2.45) is 0 Å². The van der Waals surface area contributed by atoms with Crippen LogP contribution >= 0.6 is 0 Å². The van der Waals surface area contributed by atoms with Gasteiger partial charge in [0.25, 0.3) is 0 Å². The number of hydrogen-bond donors (Lipinski definition) is 0. The summed E-state index contributed by atoms with van der Waals surface area (Å²) in [5.41, 5.74) is 3.43. The fourth-order valence-electron chi connectivity index (χ4n) is 3.33. The van der Waals surface area contributed by atoms with Gasteiger partial charge in [-0.15, -0.1) is 0 Å². The summed E-state index contributed by atoms with van der Waals surface area (Å²) in [5.74, 6) is 1.19. The minimum absolute atomic E-state index is 0.0623. The molecule has 0 aliphatic carbocycles. The molecule has 22 heavy (non-hydrogen) atoms. The van der Waals surface area contributed by atoms with Crippen molar-refractivity contribution in [1.29, 1.82) is 0 Å². The van der Waals surface area contributed by atoms with E-state index >= 15 is 0 Å². The highest BCUT2D eigenvalue weighted by atomic mass is 15.5. The maximum Gasteiger partial charge on any atom is 0.154 e. The Kier molecular flexibility index (Phi) is 2.24. The van der Waals surface area contributed by atoms with Crippen LogP contribution in [0, 0.1) is 0 Å². The van der Waals surface area contributed by atoms with Crippen molar-refractivity contribution in [3.8, 4) is 0 Å². The Morgan fingerprint density at radius 3 is 2.73 bits per heavy atom. The van der Waals surface area contributed by atoms with E-state index in [0.29, 0.717) is 0 Å². The number of pyridine rings is 1. The summed E-state index contributed by atoms with van der Waals surface area (Å²) < 4.78 is 0. The first-order valence-corrected chi connectivity index (χ1v) is 7.36. The first-order valence-electron chi connectivity index (χ1n) is 7.36. The molecule has 0 aromatic carbocycles. The average molecular weight is 286 g/mol. The van der Waals surface area contributed by atoms with E-state index in [-0.39, 0.29) is 6.17 Å². The van der Waals surface area contributed by atoms with Crippen molar-refractivity contribution in [3.63, 3.8) is 0 Å². The Morgan fingerprint density at radius 2 is 1.82 bits per heavy atom. The second-order valence-electron chi connectivity index (χ2n) is 5.48. The minimum Gasteiger partial charge on any atom is -0.318 e. The monoisotopic (exact) mass is 286 g/mol. The lowest BCUT2D eigenvalue weighted by molar-refractivity contribution is 0.225. The van der Waals surface area contributed by atoms with E-state index in [1.807, 2.05) is 18.3 Å². The number of fused-ring (bicyclic) bond motifs is 4. The lowest BCUT2D eigenvalue weighted by atomic mass is 10.2. The zero-order valence-corrected chi connectivity index (χ0v) is 11.9. The molecule has 0 amide bonds. The second-order valence-corrected chi connectivity index (χ2v) is 5.48. The summed E-state index contributed by atoms with van der Waals surface area (Å²) in [5, 5.41) is 0. The Balaban J connectivity index is 1.69. The molecule has 4 aliphatic heterocycles. The van der Waals surface area contributed by atoms with Crippen LogP contribution in [0.1, 0.15) is 11.9 Å². The number of rotatable bonds is 1. The molecule has 4 aliphatic rings. The molecule has 1 atom stereocenters. The van der Waals surface area contributed by atoms with Gasteiger partial charge in [-0.25, -0.2) is 0 Å². The van der Waals surface area contributed by atoms with Crippen molar-refractivity contribution in [2.75, 3.05) is 0 Å². The van der Waals surface area contributed by atoms with E-state index in [0.717, 1.165) is 5.69 Å². The Morgan fingerprint density at radius 1 is 0.909 bits per heavy atom. The quantitative estimate of drug-likeness (QED) is 0.790. The average Bonchev–Trinajstić information content (AvgIpc) is 3.10. The van der Waals surface area contributed by atoms with Crippen LogP contribution in [-0.2, 0) is 0 Å². The van der Waals surface area contributed by atoms with Crippen LogP contribution in [0.3, 0.4) is 0 Å². The maximum atomic E-state index is 4.58. The molecule has 1 aromatic heterocycles. The standard InChI is InChI=1S/C18H14N4/c1-4-10-19-15(8-1)17-21-12-6-3-9-16(21)18-20-11-5-2-7-14(20)13-22(17)18/h1-13,17H. The molecule has 1 unspecified atom stereocenters. The smallest absolute Gasteiger partial charge is 0.154 e. The molecule has 1 aromatic rings. The van der Waals surface area contributed by atoms with E-state index in [4.69, 9.17) is 0 Å². The molecule has 0 radical (unpaired) electrons. The zero-order chi connectivity index (χ0) is 14.5. The zero-order valence-electron chi connectivity index (χ0n) is 11.9. The summed E-state index contributed by atoms with van der Waals surface area (Å²) >= 11 is 0. The highest BCUT2D eigenvalue weighted by Crippen LogP contribution is 2.47. The van der Waals surface area contributed by atoms with Gasteiger partial charge in [0, 0.05) is 24.8 Å². The normalized spacial score (nSPS) is 23.9. The second kappa shape index (κ2) is 4.24. The van der Waals surface area contributed by atoms with E-state index in [2.05, 4.69) is 80.8 Å². The summed E-state index contributed by atoms with van der Waals surface area (Å²) in [6.45, 7) is 0. The van der Waals surface area contributed by atoms with Crippen LogP contribution < -0.4 is 0 Å². The van der Waals surface area contributed by atoms with Gasteiger partial charge in [-0.3, -0.25) is 9.88 Å². The van der Waals surface area contributed by atoms with Gasteiger partial charge < -0.3 is 9.80 Å². The van der Waals surface area contributed by atoms with Gasteiger partial charge in [0.2, 0.25) is 0 Å². The molecule has 0 N–H and O–H groups in total. The third-order valence-electron chi connectivity index (χ3n) is 4.23. The van der Waals surface area contributed by atoms with Crippen LogP contribution in [0.25, 0.3) is 0 Å². The van der Waals surface area contributed by atoms with Crippen LogP contribution in [0.5, 0.6) is 0 Å². The van der Waals surface area contributed by atoms with E-state index in [1.165, 1.54) is 17.2 Å². The number of nitrogens with zero attached hydrogens (tertiary/aromatic N) is 4. The molecular weight excluding hydrogens is 272 g/mol. The van der Waals surface area contributed by atoms with Gasteiger partial charge in [0.05, 0.1) is 17.1 Å². The van der Waals surface area contributed by atoms with Crippen molar-refractivity contribution < 1.29 is 0 Å². The van der Waals surface area contributed by atoms with Gasteiger partial charge in [0.15, 0.2) is 6.17 Å². The highest BCUT2D eigenvalue weighted by Gasteiger charge is 2.43. The molecule has 0 bridgehead atoms. The van der Waals surface area contributed by atoms with E-state index in [9.17, 15) is 0 Å². The molecule has 4 heteroatoms. The predicted octanol–water partition coefficient (Wildman–Crippen LogP) is 3.19. The van der Waals surface area contributed by atoms with Crippen LogP contribution in [0.2, 0.25) is 0 Å². The van der Waals surface area contributed by atoms with Gasteiger partial charge >= 0.3 is 0 Å². The third kappa shape index (κ3) is 1.44. The fourth-order valence-corrected chi connectivity index (χ4v) is 3.33. The molecule has 106 valence electrons. The molecule has 0 saturated heterocycles. The first kappa shape index (κ1) is 11.6. The molecule has 0 saturated carbocycles. The summed E-state index contributed by atoms with van der Waals surface area (Å²) in [4.78, 5) is 11.4. The van der Waals surface area contributed by atoms with Crippen molar-refractivity contribution in [2.45, 2.75) is 6.17 Å². The van der Waals surface area contributed by atoms with Gasteiger partial charge in [0.1, 0.15) is 5.82 Å². The molecule has 0 fully saturated rings. The Labute approximate surface area is 129 Å². The van der Waals surface area contributed by atoms with Crippen molar-refractivity contribution in [1.82, 2.24) is 19.7 Å². The number of aromatic nitrogens is 1. The van der Waals surface area contributed by atoms with E-state index < -0.39 is 0 Å². The lowest BCUT2D eigenvalue weighted by Gasteiger charge is -2.29. The number of allylic oxidation sites excluding steroid dienone is 6. The molecule has 5 heterocycles. The largest absolute Gasteiger partial charge is 0.318 e. The molecule has 4 nitrogen and oxygen atoms in total. The summed E-state index contributed by atoms with van der Waals surface area (Å²) in [7, 11) is 0.